The van der Waals surface area contributed by atoms with Crippen molar-refractivity contribution in [1.82, 2.24) is 9.55 Å². The van der Waals surface area contributed by atoms with Crippen LogP contribution in [0.2, 0.25) is 0 Å². The van der Waals surface area contributed by atoms with Crippen molar-refractivity contribution < 1.29 is 33.8 Å². The van der Waals surface area contributed by atoms with E-state index in [1.165, 1.54) is 23.3 Å². The molecule has 0 aliphatic heterocycles. The zero-order chi connectivity index (χ0) is 13.7. The number of aliphatic hydroxyl groups excluding tert-OH is 1. The highest BCUT2D eigenvalue weighted by Gasteiger charge is 2.43. The summed E-state index contributed by atoms with van der Waals surface area (Å²) < 4.78 is 22.9. The Labute approximate surface area is 97.1 Å². The van der Waals surface area contributed by atoms with Gasteiger partial charge in [0, 0.05) is 26.0 Å². The largest absolute Gasteiger partial charge is 0.400 e. The molecule has 1 rings (SSSR count). The maximum absolute atomic E-state index is 10.9. The Morgan fingerprint density at radius 1 is 1.18 bits per heavy atom. The zero-order valence-corrected chi connectivity index (χ0v) is 10.6. The summed E-state index contributed by atoms with van der Waals surface area (Å²) in [6.45, 7) is -0.478. The average Bonchev–Trinajstić information content (AvgIpc) is 2.66. The molecule has 0 atom stereocenters. The van der Waals surface area contributed by atoms with E-state index in [4.69, 9.17) is 24.7 Å². The summed E-state index contributed by atoms with van der Waals surface area (Å²) in [5, 5.41) is 4.97. The molecule has 0 saturated carbocycles. The number of nitrogens with zero attached hydrogens (tertiary/aromatic N) is 2. The van der Waals surface area contributed by atoms with Crippen LogP contribution >= 0.6 is 15.2 Å². The van der Waals surface area contributed by atoms with Crippen LogP contribution in [0.15, 0.2) is 18.7 Å². The predicted octanol–water partition coefficient (Wildman–Crippen LogP) is -0.827. The van der Waals surface area contributed by atoms with Gasteiger partial charge in [-0.05, 0) is 0 Å². The Morgan fingerprint density at radius 2 is 1.65 bits per heavy atom. The molecule has 0 unspecified atom stereocenters. The quantitative estimate of drug-likeness (QED) is 0.450. The fourth-order valence-corrected chi connectivity index (χ4v) is 3.36. The summed E-state index contributed by atoms with van der Waals surface area (Å²) in [7, 11) is -8.70. The molecule has 1 aromatic heterocycles. The summed E-state index contributed by atoms with van der Waals surface area (Å²) in [6, 6.07) is 0. The van der Waals surface area contributed by atoms with E-state index in [0.717, 1.165) is 7.11 Å². The fourth-order valence-electron chi connectivity index (χ4n) is 0.992. The molecule has 9 nitrogen and oxygen atoms in total. The van der Waals surface area contributed by atoms with Crippen LogP contribution in [0.5, 0.6) is 0 Å². The Bertz CT molecular complexity index is 386. The van der Waals surface area contributed by atoms with Gasteiger partial charge in [-0.15, -0.1) is 0 Å². The highest BCUT2D eigenvalue weighted by atomic mass is 31.2. The zero-order valence-electron chi connectivity index (χ0n) is 8.86. The lowest BCUT2D eigenvalue weighted by Crippen LogP contribution is -2.16. The Morgan fingerprint density at radius 3 is 1.94 bits per heavy atom. The van der Waals surface area contributed by atoms with Gasteiger partial charge in [0.15, 0.2) is 5.40 Å². The van der Waals surface area contributed by atoms with Gasteiger partial charge in [0.05, 0.1) is 6.33 Å². The summed E-state index contributed by atoms with van der Waals surface area (Å²) in [5.41, 5.74) is 0. The van der Waals surface area contributed by atoms with Crippen LogP contribution in [0, 0.1) is 0 Å². The summed E-state index contributed by atoms with van der Waals surface area (Å²) in [4.78, 5) is 38.8. The third-order valence-electron chi connectivity index (χ3n) is 1.71. The van der Waals surface area contributed by atoms with E-state index in [1.54, 1.807) is 0 Å². The molecule has 17 heavy (non-hydrogen) atoms. The van der Waals surface area contributed by atoms with Crippen LogP contribution in [0.3, 0.4) is 0 Å². The predicted molar refractivity (Wildman–Crippen MR) is 58.2 cm³/mol. The highest BCUT2D eigenvalue weighted by molar-refractivity contribution is 7.70. The van der Waals surface area contributed by atoms with Gasteiger partial charge in [-0.1, -0.05) is 0 Å². The maximum Gasteiger partial charge on any atom is 0.342 e. The first-order valence-corrected chi connectivity index (χ1v) is 7.58. The molecular weight excluding hydrogens is 274 g/mol. The first kappa shape index (κ1) is 16.5. The van der Waals surface area contributed by atoms with Gasteiger partial charge >= 0.3 is 15.2 Å². The number of hydrogen-bond donors (Lipinski definition) is 5. The smallest absolute Gasteiger partial charge is 0.342 e. The topological polar surface area (TPSA) is 153 Å². The summed E-state index contributed by atoms with van der Waals surface area (Å²) in [6.07, 6.45) is 3.92. The minimum Gasteiger partial charge on any atom is -0.400 e. The fraction of sp³-hybridized carbons (Fsp3) is 0.500. The van der Waals surface area contributed by atoms with E-state index in [1.807, 2.05) is 0 Å². The normalized spacial score (nSPS) is 12.2. The molecule has 1 aromatic rings. The molecule has 0 amide bonds. The molecule has 1 heterocycles. The minimum absolute atomic E-state index is 0.478. The number of imidazole rings is 1. The number of aromatic nitrogens is 2. The second-order valence-corrected chi connectivity index (χ2v) is 6.93. The molecule has 0 saturated heterocycles. The highest BCUT2D eigenvalue weighted by Crippen LogP contribution is 2.60. The van der Waals surface area contributed by atoms with Crippen LogP contribution < -0.4 is 0 Å². The van der Waals surface area contributed by atoms with E-state index >= 15 is 0 Å². The van der Waals surface area contributed by atoms with Crippen molar-refractivity contribution in [3.05, 3.63) is 18.7 Å². The van der Waals surface area contributed by atoms with Crippen molar-refractivity contribution in [3.8, 4) is 0 Å². The standard InChI is InChI=1S/C5H10N2O6P2.CH4O/c8-14(9,10)5(15(11,12)13)3-7-2-1-6-4-7;1-2/h1-2,4-5H,3H2,(H2,8,9,10)(H2,11,12,13);2H,1H3. The third-order valence-corrected chi connectivity index (χ3v) is 5.39. The molecule has 0 fully saturated rings. The van der Waals surface area contributed by atoms with Crippen LogP contribution in [0.1, 0.15) is 0 Å². The molecule has 0 aliphatic carbocycles. The molecule has 0 spiro atoms. The Balaban J connectivity index is 0.00000121. The van der Waals surface area contributed by atoms with Crippen LogP contribution in [0.4, 0.5) is 0 Å². The van der Waals surface area contributed by atoms with Crippen molar-refractivity contribution >= 4 is 15.2 Å². The van der Waals surface area contributed by atoms with Crippen molar-refractivity contribution in [2.75, 3.05) is 7.11 Å². The van der Waals surface area contributed by atoms with E-state index in [-0.39, 0.29) is 0 Å². The van der Waals surface area contributed by atoms with Crippen molar-refractivity contribution in [1.29, 1.82) is 0 Å². The lowest BCUT2D eigenvalue weighted by molar-refractivity contribution is 0.332. The summed E-state index contributed by atoms with van der Waals surface area (Å²) >= 11 is 0. The van der Waals surface area contributed by atoms with Crippen molar-refractivity contribution in [2.45, 2.75) is 11.9 Å². The molecule has 5 N–H and O–H groups in total. The third kappa shape index (κ3) is 5.56. The SMILES string of the molecule is CO.O=P(O)(O)C(Cn1ccnc1)P(=O)(O)O. The van der Waals surface area contributed by atoms with E-state index in [2.05, 4.69) is 4.98 Å². The van der Waals surface area contributed by atoms with Gasteiger partial charge in [0.2, 0.25) is 0 Å². The van der Waals surface area contributed by atoms with Crippen molar-refractivity contribution in [2.24, 2.45) is 0 Å². The van der Waals surface area contributed by atoms with E-state index in [9.17, 15) is 9.13 Å². The van der Waals surface area contributed by atoms with Gasteiger partial charge in [-0.25, -0.2) is 4.98 Å². The minimum atomic E-state index is -4.85. The van der Waals surface area contributed by atoms with Gasteiger partial charge in [-0.2, -0.15) is 0 Å². The summed E-state index contributed by atoms with van der Waals surface area (Å²) in [5.74, 6) is 0. The lowest BCUT2D eigenvalue weighted by atomic mass is 10.7. The molecular formula is C6H14N2O7P2. The first-order valence-electron chi connectivity index (χ1n) is 4.22. The van der Waals surface area contributed by atoms with Gasteiger partial charge in [0.1, 0.15) is 0 Å². The lowest BCUT2D eigenvalue weighted by Gasteiger charge is -2.19. The molecule has 100 valence electrons. The molecule has 11 heteroatoms. The second-order valence-electron chi connectivity index (χ2n) is 2.92. The molecule has 0 aromatic carbocycles. The Kier molecular flexibility index (Phi) is 6.22. The maximum atomic E-state index is 10.9. The van der Waals surface area contributed by atoms with E-state index in [0.29, 0.717) is 0 Å². The monoisotopic (exact) mass is 288 g/mol. The molecule has 0 bridgehead atoms. The molecule has 0 radical (unpaired) electrons. The van der Waals surface area contributed by atoms with Crippen LogP contribution in [-0.4, -0.2) is 46.7 Å². The number of aliphatic hydroxyl groups is 1. The first-order chi connectivity index (χ1) is 7.71. The number of rotatable bonds is 4. The number of hydrogen-bond acceptors (Lipinski definition) is 4. The average molecular weight is 288 g/mol. The molecule has 0 aliphatic rings. The van der Waals surface area contributed by atoms with E-state index < -0.39 is 27.1 Å². The van der Waals surface area contributed by atoms with Gasteiger partial charge in [0.25, 0.3) is 0 Å². The Hall–Kier alpha value is -0.530. The van der Waals surface area contributed by atoms with Gasteiger partial charge in [-0.3, -0.25) is 9.13 Å². The van der Waals surface area contributed by atoms with Crippen LogP contribution in [0.25, 0.3) is 0 Å². The van der Waals surface area contributed by atoms with Crippen LogP contribution in [-0.2, 0) is 15.7 Å². The van der Waals surface area contributed by atoms with Gasteiger partial charge < -0.3 is 29.2 Å². The second kappa shape index (κ2) is 6.42. The van der Waals surface area contributed by atoms with Crippen molar-refractivity contribution in [3.63, 3.8) is 0 Å².